The average molecular weight is 380 g/mol. The number of anilines is 1. The minimum atomic E-state index is -0.336. The summed E-state index contributed by atoms with van der Waals surface area (Å²) >= 11 is 0. The fourth-order valence-electron chi connectivity index (χ4n) is 3.32. The lowest BCUT2D eigenvalue weighted by atomic mass is 10.1. The number of hydrogen-bond acceptors (Lipinski definition) is 5. The maximum absolute atomic E-state index is 13.8. The highest BCUT2D eigenvalue weighted by Crippen LogP contribution is 2.18. The van der Waals surface area contributed by atoms with Gasteiger partial charge in [0.1, 0.15) is 17.5 Å². The van der Waals surface area contributed by atoms with E-state index >= 15 is 0 Å². The molecule has 0 radical (unpaired) electrons. The van der Waals surface area contributed by atoms with Crippen LogP contribution in [0.5, 0.6) is 0 Å². The Hall–Kier alpha value is -3.29. The number of aryl methyl sites for hydroxylation is 1. The molecule has 0 atom stereocenters. The fraction of sp³-hybridized carbons (Fsp3) is 0.300. The number of hydrogen-bond donors (Lipinski definition) is 0. The third-order valence-corrected chi connectivity index (χ3v) is 4.81. The van der Waals surface area contributed by atoms with Crippen molar-refractivity contribution in [2.75, 3.05) is 31.1 Å². The van der Waals surface area contributed by atoms with Crippen LogP contribution < -0.4 is 4.90 Å². The lowest BCUT2D eigenvalue weighted by Gasteiger charge is -2.35. The molecule has 1 aromatic carbocycles. The molecule has 4 rings (SSSR count). The summed E-state index contributed by atoms with van der Waals surface area (Å²) in [4.78, 5) is 25.4. The predicted octanol–water partition coefficient (Wildman–Crippen LogP) is 2.00. The summed E-state index contributed by atoms with van der Waals surface area (Å²) in [5, 5.41) is 4.22. The molecule has 1 fully saturated rings. The van der Waals surface area contributed by atoms with Crippen molar-refractivity contribution in [2.24, 2.45) is 0 Å². The molecule has 0 aliphatic carbocycles. The predicted molar refractivity (Wildman–Crippen MR) is 103 cm³/mol. The second kappa shape index (κ2) is 7.75. The molecular formula is C20H21FN6O. The van der Waals surface area contributed by atoms with Crippen LogP contribution in [0.15, 0.2) is 48.8 Å². The Balaban J connectivity index is 1.42. The average Bonchev–Trinajstić information content (AvgIpc) is 3.24. The van der Waals surface area contributed by atoms with E-state index in [2.05, 4.69) is 20.0 Å². The zero-order valence-electron chi connectivity index (χ0n) is 15.6. The molecule has 28 heavy (non-hydrogen) atoms. The van der Waals surface area contributed by atoms with Gasteiger partial charge in [0.15, 0.2) is 5.82 Å². The van der Waals surface area contributed by atoms with E-state index in [0.29, 0.717) is 43.4 Å². The Morgan fingerprint density at radius 2 is 1.82 bits per heavy atom. The lowest BCUT2D eigenvalue weighted by molar-refractivity contribution is -0.130. The molecule has 144 valence electrons. The first-order valence-corrected chi connectivity index (χ1v) is 9.22. The van der Waals surface area contributed by atoms with Gasteiger partial charge in [-0.15, -0.1) is 0 Å². The zero-order valence-corrected chi connectivity index (χ0v) is 15.6. The number of halogens is 1. The summed E-state index contributed by atoms with van der Waals surface area (Å²) in [7, 11) is 0. The van der Waals surface area contributed by atoms with Gasteiger partial charge in [-0.1, -0.05) is 18.2 Å². The first-order valence-electron chi connectivity index (χ1n) is 9.22. The Kier molecular flexibility index (Phi) is 5.01. The second-order valence-corrected chi connectivity index (χ2v) is 6.72. The molecule has 7 nitrogen and oxygen atoms in total. The van der Waals surface area contributed by atoms with E-state index in [0.717, 1.165) is 5.82 Å². The number of amides is 1. The minimum absolute atomic E-state index is 0.0548. The third-order valence-electron chi connectivity index (χ3n) is 4.81. The van der Waals surface area contributed by atoms with Gasteiger partial charge in [-0.3, -0.25) is 4.79 Å². The lowest BCUT2D eigenvalue weighted by Crippen LogP contribution is -2.49. The maximum atomic E-state index is 13.8. The second-order valence-electron chi connectivity index (χ2n) is 6.72. The van der Waals surface area contributed by atoms with Crippen molar-refractivity contribution in [3.05, 3.63) is 66.0 Å². The van der Waals surface area contributed by atoms with Crippen LogP contribution in [-0.2, 0) is 11.2 Å². The minimum Gasteiger partial charge on any atom is -0.353 e. The molecule has 1 amide bonds. The molecule has 1 aliphatic rings. The highest BCUT2D eigenvalue weighted by Gasteiger charge is 2.23. The van der Waals surface area contributed by atoms with Crippen LogP contribution in [0, 0.1) is 12.7 Å². The van der Waals surface area contributed by atoms with Crippen molar-refractivity contribution in [3.8, 4) is 5.82 Å². The molecule has 2 aromatic heterocycles. The molecule has 3 aromatic rings. The van der Waals surface area contributed by atoms with Crippen LogP contribution in [0.3, 0.4) is 0 Å². The first kappa shape index (κ1) is 18.1. The van der Waals surface area contributed by atoms with Gasteiger partial charge >= 0.3 is 0 Å². The fourth-order valence-corrected chi connectivity index (χ4v) is 3.32. The largest absolute Gasteiger partial charge is 0.353 e. The molecular weight excluding hydrogens is 359 g/mol. The number of nitrogens with zero attached hydrogens (tertiary/aromatic N) is 6. The summed E-state index contributed by atoms with van der Waals surface area (Å²) < 4.78 is 15.5. The van der Waals surface area contributed by atoms with E-state index in [1.807, 2.05) is 25.3 Å². The molecule has 0 N–H and O–H groups in total. The van der Waals surface area contributed by atoms with Gasteiger partial charge in [-0.25, -0.2) is 19.0 Å². The number of aromatic nitrogens is 4. The van der Waals surface area contributed by atoms with Crippen LogP contribution in [0.4, 0.5) is 10.2 Å². The number of piperazine rings is 1. The highest BCUT2D eigenvalue weighted by atomic mass is 19.1. The molecule has 1 saturated heterocycles. The summed E-state index contributed by atoms with van der Waals surface area (Å²) in [6.45, 7) is 4.33. The quantitative estimate of drug-likeness (QED) is 0.693. The molecule has 0 spiro atoms. The number of carbonyl (C=O) groups excluding carboxylic acids is 1. The Morgan fingerprint density at radius 3 is 2.54 bits per heavy atom. The van der Waals surface area contributed by atoms with Crippen LogP contribution in [0.1, 0.15) is 11.4 Å². The van der Waals surface area contributed by atoms with E-state index < -0.39 is 0 Å². The van der Waals surface area contributed by atoms with Gasteiger partial charge in [-0.2, -0.15) is 5.10 Å². The summed E-state index contributed by atoms with van der Waals surface area (Å²) in [5.41, 5.74) is 0.435. The molecule has 0 bridgehead atoms. The standard InChI is InChI=1S/C20H21FN6O/c1-15-23-18(14-19(24-15)27-8-4-7-22-27)25-9-11-26(12-10-25)20(28)13-16-5-2-3-6-17(16)21/h2-8,14H,9-13H2,1H3. The molecule has 1 aliphatic heterocycles. The third kappa shape index (κ3) is 3.85. The van der Waals surface area contributed by atoms with Gasteiger partial charge in [0, 0.05) is 44.6 Å². The zero-order chi connectivity index (χ0) is 19.5. The maximum Gasteiger partial charge on any atom is 0.227 e. The Labute approximate surface area is 162 Å². The first-order chi connectivity index (χ1) is 13.6. The van der Waals surface area contributed by atoms with Gasteiger partial charge in [-0.05, 0) is 24.6 Å². The molecule has 8 heteroatoms. The van der Waals surface area contributed by atoms with Crippen molar-refractivity contribution in [1.82, 2.24) is 24.6 Å². The van der Waals surface area contributed by atoms with Crippen molar-refractivity contribution in [3.63, 3.8) is 0 Å². The van der Waals surface area contributed by atoms with Gasteiger partial charge < -0.3 is 9.80 Å². The van der Waals surface area contributed by atoms with E-state index in [9.17, 15) is 9.18 Å². The topological polar surface area (TPSA) is 67.2 Å². The van der Waals surface area contributed by atoms with Gasteiger partial charge in [0.25, 0.3) is 0 Å². The Morgan fingerprint density at radius 1 is 1.07 bits per heavy atom. The van der Waals surface area contributed by atoms with Gasteiger partial charge in [0.2, 0.25) is 5.91 Å². The van der Waals surface area contributed by atoms with Crippen molar-refractivity contribution < 1.29 is 9.18 Å². The van der Waals surface area contributed by atoms with Crippen LogP contribution in [-0.4, -0.2) is 56.7 Å². The van der Waals surface area contributed by atoms with Crippen molar-refractivity contribution in [1.29, 1.82) is 0 Å². The van der Waals surface area contributed by atoms with Crippen LogP contribution in [0.25, 0.3) is 5.82 Å². The smallest absolute Gasteiger partial charge is 0.227 e. The molecule has 0 saturated carbocycles. The van der Waals surface area contributed by atoms with Crippen molar-refractivity contribution in [2.45, 2.75) is 13.3 Å². The monoisotopic (exact) mass is 380 g/mol. The van der Waals surface area contributed by atoms with E-state index in [4.69, 9.17) is 0 Å². The van der Waals surface area contributed by atoms with Crippen LogP contribution >= 0.6 is 0 Å². The highest BCUT2D eigenvalue weighted by molar-refractivity contribution is 5.79. The summed E-state index contributed by atoms with van der Waals surface area (Å²) in [6.07, 6.45) is 3.63. The summed E-state index contributed by atoms with van der Waals surface area (Å²) in [6, 6.07) is 10.2. The normalized spacial score (nSPS) is 14.4. The van der Waals surface area contributed by atoms with Crippen LogP contribution in [0.2, 0.25) is 0 Å². The summed E-state index contributed by atoms with van der Waals surface area (Å²) in [5.74, 6) is 1.81. The Bertz CT molecular complexity index is 967. The van der Waals surface area contributed by atoms with E-state index in [1.54, 1.807) is 34.0 Å². The number of rotatable bonds is 4. The molecule has 3 heterocycles. The van der Waals surface area contributed by atoms with Crippen molar-refractivity contribution >= 4 is 11.7 Å². The van der Waals surface area contributed by atoms with E-state index in [1.165, 1.54) is 6.07 Å². The number of benzene rings is 1. The van der Waals surface area contributed by atoms with E-state index in [-0.39, 0.29) is 18.1 Å². The SMILES string of the molecule is Cc1nc(N2CCN(C(=O)Cc3ccccc3F)CC2)cc(-n2cccn2)n1. The molecule has 0 unspecified atom stereocenters. The van der Waals surface area contributed by atoms with Gasteiger partial charge in [0.05, 0.1) is 6.42 Å². The number of carbonyl (C=O) groups is 1.